The number of hydrogen-bond donors (Lipinski definition) is 1. The predicted octanol–water partition coefficient (Wildman–Crippen LogP) is 4.97. The number of halogens is 2. The van der Waals surface area contributed by atoms with E-state index in [0.717, 1.165) is 17.1 Å². The van der Waals surface area contributed by atoms with E-state index in [9.17, 15) is 0 Å². The fourth-order valence-corrected chi connectivity index (χ4v) is 2.40. The topological polar surface area (TPSA) is 34.4 Å². The number of ether oxygens (including phenoxy) is 1. The summed E-state index contributed by atoms with van der Waals surface area (Å²) in [5.41, 5.74) is 1.02. The van der Waals surface area contributed by atoms with Crippen molar-refractivity contribution < 1.29 is 9.15 Å². The van der Waals surface area contributed by atoms with Gasteiger partial charge in [-0.25, -0.2) is 0 Å². The Hall–Kier alpha value is -1.16. The maximum absolute atomic E-state index is 5.95. The lowest BCUT2D eigenvalue weighted by Gasteiger charge is -2.06. The van der Waals surface area contributed by atoms with Crippen LogP contribution >= 0.6 is 23.2 Å². The molecule has 0 unspecified atom stereocenters. The Morgan fingerprint density at radius 1 is 1.14 bits per heavy atom. The van der Waals surface area contributed by atoms with Gasteiger partial charge in [-0.3, -0.25) is 0 Å². The maximum Gasteiger partial charge on any atom is 0.122 e. The van der Waals surface area contributed by atoms with Crippen LogP contribution in [0.25, 0.3) is 0 Å². The van der Waals surface area contributed by atoms with Crippen LogP contribution in [-0.4, -0.2) is 6.04 Å². The normalized spacial score (nSPS) is 11.1. The van der Waals surface area contributed by atoms with Gasteiger partial charge in [0.1, 0.15) is 23.9 Å². The molecule has 0 aliphatic heterocycles. The smallest absolute Gasteiger partial charge is 0.122 e. The molecule has 0 saturated carbocycles. The van der Waals surface area contributed by atoms with Crippen LogP contribution in [0.4, 0.5) is 0 Å². The van der Waals surface area contributed by atoms with Crippen LogP contribution in [0.1, 0.15) is 30.9 Å². The average Bonchev–Trinajstić information content (AvgIpc) is 2.73. The minimum Gasteiger partial charge on any atom is -0.489 e. The number of hydrogen-bond acceptors (Lipinski definition) is 3. The Morgan fingerprint density at radius 3 is 2.43 bits per heavy atom. The van der Waals surface area contributed by atoms with Gasteiger partial charge in [-0.1, -0.05) is 37.0 Å². The Kier molecular flexibility index (Phi) is 5.57. The molecule has 0 atom stereocenters. The average molecular weight is 328 g/mol. The Bertz CT molecular complexity index is 588. The molecule has 1 aromatic carbocycles. The summed E-state index contributed by atoms with van der Waals surface area (Å²) in [5, 5.41) is 4.44. The van der Waals surface area contributed by atoms with Gasteiger partial charge >= 0.3 is 0 Å². The first-order valence-corrected chi connectivity index (χ1v) is 7.60. The summed E-state index contributed by atoms with van der Waals surface area (Å²) in [4.78, 5) is 0. The summed E-state index contributed by atoms with van der Waals surface area (Å²) in [5.74, 6) is 2.42. The number of furan rings is 1. The molecule has 0 radical (unpaired) electrons. The first kappa shape index (κ1) is 16.2. The molecule has 1 N–H and O–H groups in total. The second-order valence-corrected chi connectivity index (χ2v) is 6.10. The van der Waals surface area contributed by atoms with Crippen molar-refractivity contribution in [1.82, 2.24) is 5.32 Å². The van der Waals surface area contributed by atoms with Crippen LogP contribution in [0.3, 0.4) is 0 Å². The molecular formula is C16H19Cl2NO2. The molecule has 2 rings (SSSR count). The van der Waals surface area contributed by atoms with E-state index in [-0.39, 0.29) is 0 Å². The minimum absolute atomic E-state index is 0.420. The zero-order chi connectivity index (χ0) is 15.4. The number of benzene rings is 1. The maximum atomic E-state index is 5.95. The molecule has 21 heavy (non-hydrogen) atoms. The fraction of sp³-hybridized carbons (Fsp3) is 0.375. The van der Waals surface area contributed by atoms with Crippen molar-refractivity contribution in [3.63, 3.8) is 0 Å². The van der Waals surface area contributed by atoms with Gasteiger partial charge in [0.2, 0.25) is 0 Å². The summed E-state index contributed by atoms with van der Waals surface area (Å²) in [6, 6.07) is 7.59. The van der Waals surface area contributed by atoms with Gasteiger partial charge in [0, 0.05) is 21.7 Å². The van der Waals surface area contributed by atoms with Crippen LogP contribution in [0.2, 0.25) is 10.0 Å². The van der Waals surface area contributed by atoms with Gasteiger partial charge < -0.3 is 14.5 Å². The summed E-state index contributed by atoms with van der Waals surface area (Å²) in [6.45, 7) is 7.27. The predicted molar refractivity (Wildman–Crippen MR) is 86.2 cm³/mol. The highest BCUT2D eigenvalue weighted by Crippen LogP contribution is 2.25. The van der Waals surface area contributed by atoms with Crippen LogP contribution in [0, 0.1) is 6.92 Å². The van der Waals surface area contributed by atoms with Gasteiger partial charge in [-0.05, 0) is 31.2 Å². The highest BCUT2D eigenvalue weighted by Gasteiger charge is 2.09. The summed E-state index contributed by atoms with van der Waals surface area (Å²) < 4.78 is 11.4. The lowest BCUT2D eigenvalue weighted by molar-refractivity contribution is 0.303. The van der Waals surface area contributed by atoms with Crippen LogP contribution in [0.15, 0.2) is 28.7 Å². The van der Waals surface area contributed by atoms with Crippen LogP contribution in [-0.2, 0) is 13.2 Å². The molecule has 0 aliphatic rings. The molecule has 0 bridgehead atoms. The van der Waals surface area contributed by atoms with Crippen molar-refractivity contribution in [2.45, 2.75) is 40.0 Å². The highest BCUT2D eigenvalue weighted by molar-refractivity contribution is 6.34. The Morgan fingerprint density at radius 2 is 1.81 bits per heavy atom. The van der Waals surface area contributed by atoms with Crippen molar-refractivity contribution >= 4 is 23.2 Å². The number of aryl methyl sites for hydroxylation is 1. The van der Waals surface area contributed by atoms with Gasteiger partial charge in [-0.2, -0.15) is 0 Å². The van der Waals surface area contributed by atoms with E-state index in [1.807, 2.05) is 13.0 Å². The van der Waals surface area contributed by atoms with Crippen molar-refractivity contribution in [3.8, 4) is 5.75 Å². The van der Waals surface area contributed by atoms with Gasteiger partial charge in [0.25, 0.3) is 0 Å². The summed E-state index contributed by atoms with van der Waals surface area (Å²) in [7, 11) is 0. The van der Waals surface area contributed by atoms with E-state index in [1.54, 1.807) is 18.2 Å². The Labute approximate surface area is 135 Å². The molecule has 5 heteroatoms. The molecular weight excluding hydrogens is 309 g/mol. The molecule has 0 spiro atoms. The largest absolute Gasteiger partial charge is 0.489 e. The molecule has 114 valence electrons. The molecule has 2 aromatic rings. The third-order valence-electron chi connectivity index (χ3n) is 2.99. The lowest BCUT2D eigenvalue weighted by atomic mass is 10.2. The number of rotatable bonds is 6. The van der Waals surface area contributed by atoms with Gasteiger partial charge in [0.15, 0.2) is 0 Å². The molecule has 0 amide bonds. The second-order valence-electron chi connectivity index (χ2n) is 5.22. The standard InChI is InChI=1S/C16H19Cl2NO2/c1-10(2)19-8-16-4-12(11(3)21-16)9-20-15-6-13(17)5-14(18)7-15/h4-7,10,19H,8-9H2,1-3H3. The molecule has 3 nitrogen and oxygen atoms in total. The molecule has 1 heterocycles. The number of nitrogens with one attached hydrogen (secondary N) is 1. The third kappa shape index (κ3) is 4.95. The van der Waals surface area contributed by atoms with E-state index in [2.05, 4.69) is 19.2 Å². The third-order valence-corrected chi connectivity index (χ3v) is 3.42. The quantitative estimate of drug-likeness (QED) is 0.813. The van der Waals surface area contributed by atoms with Gasteiger partial charge in [-0.15, -0.1) is 0 Å². The molecule has 1 aromatic heterocycles. The van der Waals surface area contributed by atoms with Crippen molar-refractivity contribution in [1.29, 1.82) is 0 Å². The minimum atomic E-state index is 0.420. The van der Waals surface area contributed by atoms with Crippen molar-refractivity contribution in [2.24, 2.45) is 0 Å². The van der Waals surface area contributed by atoms with E-state index >= 15 is 0 Å². The molecule has 0 aliphatic carbocycles. The first-order chi connectivity index (χ1) is 9.94. The van der Waals surface area contributed by atoms with E-state index < -0.39 is 0 Å². The van der Waals surface area contributed by atoms with E-state index in [4.69, 9.17) is 32.4 Å². The monoisotopic (exact) mass is 327 g/mol. The summed E-state index contributed by atoms with van der Waals surface area (Å²) >= 11 is 11.9. The molecule has 0 saturated heterocycles. The summed E-state index contributed by atoms with van der Waals surface area (Å²) in [6.07, 6.45) is 0. The van der Waals surface area contributed by atoms with E-state index in [1.165, 1.54) is 0 Å². The second kappa shape index (κ2) is 7.21. The van der Waals surface area contributed by atoms with Crippen LogP contribution < -0.4 is 10.1 Å². The molecule has 0 fully saturated rings. The SMILES string of the molecule is Cc1oc(CNC(C)C)cc1COc1cc(Cl)cc(Cl)c1. The van der Waals surface area contributed by atoms with Crippen LogP contribution in [0.5, 0.6) is 5.75 Å². The van der Waals surface area contributed by atoms with Crippen molar-refractivity contribution in [2.75, 3.05) is 0 Å². The fourth-order valence-electron chi connectivity index (χ4n) is 1.90. The lowest BCUT2D eigenvalue weighted by Crippen LogP contribution is -2.21. The Balaban J connectivity index is 1.99. The van der Waals surface area contributed by atoms with E-state index in [0.29, 0.717) is 35.0 Å². The van der Waals surface area contributed by atoms with Crippen molar-refractivity contribution in [3.05, 3.63) is 51.4 Å². The van der Waals surface area contributed by atoms with Gasteiger partial charge in [0.05, 0.1) is 6.54 Å². The zero-order valence-electron chi connectivity index (χ0n) is 12.4. The highest BCUT2D eigenvalue weighted by atomic mass is 35.5. The zero-order valence-corrected chi connectivity index (χ0v) is 13.9. The first-order valence-electron chi connectivity index (χ1n) is 6.84.